The topological polar surface area (TPSA) is 76.1 Å². The molecule has 0 amide bonds. The van der Waals surface area contributed by atoms with E-state index < -0.39 is 11.9 Å². The summed E-state index contributed by atoms with van der Waals surface area (Å²) in [5, 5.41) is 9.58. The minimum atomic E-state index is -0.656. The van der Waals surface area contributed by atoms with Gasteiger partial charge in [-0.2, -0.15) is 5.26 Å². The average Bonchev–Trinajstić information content (AvgIpc) is 2.60. The van der Waals surface area contributed by atoms with Crippen LogP contribution in [-0.4, -0.2) is 12.6 Å². The monoisotopic (exact) mass is 320 g/mol. The Hall–Kier alpha value is -3.06. The standard InChI is InChI=1S/C20H20N2O2/c1-2-24-20(23)18(12-15-8-4-3-5-9-15)17(14-21)13-16-10-6-7-11-19(16)22/h3-11,13,18H,2,12,22H2,1H3/b17-13+. The SMILES string of the molecule is CCOC(=O)C(Cc1ccccc1)/C(C#N)=C/c1ccccc1N. The molecule has 2 rings (SSSR count). The quantitative estimate of drug-likeness (QED) is 0.501. The Labute approximate surface area is 142 Å². The number of hydrogen-bond acceptors (Lipinski definition) is 4. The molecule has 1 unspecified atom stereocenters. The Morgan fingerprint density at radius 1 is 1.21 bits per heavy atom. The fourth-order valence-electron chi connectivity index (χ4n) is 2.43. The van der Waals surface area contributed by atoms with E-state index in [2.05, 4.69) is 6.07 Å². The first-order valence-corrected chi connectivity index (χ1v) is 7.82. The molecule has 0 aliphatic heterocycles. The van der Waals surface area contributed by atoms with Gasteiger partial charge in [0.15, 0.2) is 0 Å². The van der Waals surface area contributed by atoms with Gasteiger partial charge in [-0.25, -0.2) is 0 Å². The van der Waals surface area contributed by atoms with E-state index >= 15 is 0 Å². The van der Waals surface area contributed by atoms with Crippen molar-refractivity contribution in [3.8, 4) is 6.07 Å². The molecule has 0 spiro atoms. The number of nitrogens with zero attached hydrogens (tertiary/aromatic N) is 1. The summed E-state index contributed by atoms with van der Waals surface area (Å²) in [6.07, 6.45) is 2.08. The fourth-order valence-corrected chi connectivity index (χ4v) is 2.43. The largest absolute Gasteiger partial charge is 0.465 e. The summed E-state index contributed by atoms with van der Waals surface area (Å²) in [6, 6.07) is 19.0. The number of benzene rings is 2. The summed E-state index contributed by atoms with van der Waals surface area (Å²) in [4.78, 5) is 12.4. The van der Waals surface area contributed by atoms with E-state index in [1.165, 1.54) is 0 Å². The second kappa shape index (κ2) is 8.54. The fraction of sp³-hybridized carbons (Fsp3) is 0.200. The number of anilines is 1. The van der Waals surface area contributed by atoms with Gasteiger partial charge in [-0.3, -0.25) is 4.79 Å². The zero-order valence-corrected chi connectivity index (χ0v) is 13.6. The van der Waals surface area contributed by atoms with E-state index in [0.717, 1.165) is 11.1 Å². The molecule has 2 aromatic rings. The van der Waals surface area contributed by atoms with Crippen LogP contribution in [0.15, 0.2) is 60.2 Å². The molecule has 0 saturated carbocycles. The summed E-state index contributed by atoms with van der Waals surface area (Å²) in [6.45, 7) is 2.03. The molecule has 0 bridgehead atoms. The third-order valence-corrected chi connectivity index (χ3v) is 3.67. The number of ether oxygens (including phenoxy) is 1. The minimum Gasteiger partial charge on any atom is -0.465 e. The number of carbonyl (C=O) groups excluding carboxylic acids is 1. The molecular formula is C20H20N2O2. The Bertz CT molecular complexity index is 761. The predicted molar refractivity (Wildman–Crippen MR) is 94.7 cm³/mol. The van der Waals surface area contributed by atoms with Crippen molar-refractivity contribution < 1.29 is 9.53 Å². The van der Waals surface area contributed by atoms with Crippen LogP contribution in [-0.2, 0) is 16.0 Å². The van der Waals surface area contributed by atoms with Crippen LogP contribution in [0.5, 0.6) is 0 Å². The number of carbonyl (C=O) groups is 1. The van der Waals surface area contributed by atoms with Crippen LogP contribution in [0.4, 0.5) is 5.69 Å². The summed E-state index contributed by atoms with van der Waals surface area (Å²) >= 11 is 0. The maximum absolute atomic E-state index is 12.4. The van der Waals surface area contributed by atoms with Gasteiger partial charge >= 0.3 is 5.97 Å². The molecule has 0 fully saturated rings. The van der Waals surface area contributed by atoms with Crippen molar-refractivity contribution in [2.75, 3.05) is 12.3 Å². The van der Waals surface area contributed by atoms with Gasteiger partial charge in [-0.15, -0.1) is 0 Å². The van der Waals surface area contributed by atoms with Crippen LogP contribution in [0, 0.1) is 17.2 Å². The van der Waals surface area contributed by atoms with Crippen LogP contribution in [0.2, 0.25) is 0 Å². The predicted octanol–water partition coefficient (Wildman–Crippen LogP) is 3.60. The van der Waals surface area contributed by atoms with Gasteiger partial charge in [-0.05, 0) is 36.6 Å². The number of para-hydroxylation sites is 1. The highest BCUT2D eigenvalue weighted by atomic mass is 16.5. The number of nitrogens with two attached hydrogens (primary N) is 1. The lowest BCUT2D eigenvalue weighted by Gasteiger charge is -2.15. The molecule has 2 aromatic carbocycles. The highest BCUT2D eigenvalue weighted by Crippen LogP contribution is 2.23. The van der Waals surface area contributed by atoms with Crippen molar-refractivity contribution in [1.29, 1.82) is 5.26 Å². The van der Waals surface area contributed by atoms with Gasteiger partial charge in [0.25, 0.3) is 0 Å². The number of rotatable bonds is 6. The molecule has 2 N–H and O–H groups in total. The summed E-state index contributed by atoms with van der Waals surface area (Å²) in [7, 11) is 0. The van der Waals surface area contributed by atoms with Gasteiger partial charge in [-0.1, -0.05) is 48.5 Å². The van der Waals surface area contributed by atoms with E-state index in [1.54, 1.807) is 19.1 Å². The molecule has 0 radical (unpaired) electrons. The zero-order chi connectivity index (χ0) is 17.4. The zero-order valence-electron chi connectivity index (χ0n) is 13.6. The Morgan fingerprint density at radius 3 is 2.50 bits per heavy atom. The van der Waals surface area contributed by atoms with Crippen molar-refractivity contribution in [3.05, 3.63) is 71.3 Å². The van der Waals surface area contributed by atoms with Crippen molar-refractivity contribution >= 4 is 17.7 Å². The third-order valence-electron chi connectivity index (χ3n) is 3.67. The van der Waals surface area contributed by atoms with Crippen LogP contribution in [0.3, 0.4) is 0 Å². The first-order valence-electron chi connectivity index (χ1n) is 7.82. The minimum absolute atomic E-state index is 0.274. The molecule has 0 aliphatic rings. The summed E-state index contributed by atoms with van der Waals surface area (Å²) in [5.74, 6) is -1.05. The van der Waals surface area contributed by atoms with Crippen molar-refractivity contribution in [2.24, 2.45) is 5.92 Å². The number of nitrogen functional groups attached to an aromatic ring is 1. The molecule has 1 atom stereocenters. The van der Waals surface area contributed by atoms with Gasteiger partial charge in [0.1, 0.15) is 0 Å². The molecule has 0 saturated heterocycles. The Balaban J connectivity index is 2.38. The second-order valence-corrected chi connectivity index (χ2v) is 5.33. The van der Waals surface area contributed by atoms with Crippen molar-refractivity contribution in [1.82, 2.24) is 0 Å². The molecular weight excluding hydrogens is 300 g/mol. The van der Waals surface area contributed by atoms with Crippen molar-refractivity contribution in [2.45, 2.75) is 13.3 Å². The van der Waals surface area contributed by atoms with E-state index in [0.29, 0.717) is 17.7 Å². The maximum atomic E-state index is 12.4. The van der Waals surface area contributed by atoms with E-state index in [-0.39, 0.29) is 6.61 Å². The van der Waals surface area contributed by atoms with E-state index in [4.69, 9.17) is 10.5 Å². The molecule has 0 heterocycles. The summed E-state index contributed by atoms with van der Waals surface area (Å²) < 4.78 is 5.16. The van der Waals surface area contributed by atoms with Crippen LogP contribution in [0.25, 0.3) is 6.08 Å². The average molecular weight is 320 g/mol. The van der Waals surface area contributed by atoms with Crippen LogP contribution < -0.4 is 5.73 Å². The molecule has 4 nitrogen and oxygen atoms in total. The summed E-state index contributed by atoms with van der Waals surface area (Å²) in [5.41, 5.74) is 8.54. The second-order valence-electron chi connectivity index (χ2n) is 5.33. The molecule has 0 aliphatic carbocycles. The molecule has 0 aromatic heterocycles. The Kier molecular flexibility index (Phi) is 6.16. The van der Waals surface area contributed by atoms with Gasteiger partial charge in [0.2, 0.25) is 0 Å². The molecule has 4 heteroatoms. The normalized spacial score (nSPS) is 12.2. The maximum Gasteiger partial charge on any atom is 0.314 e. The smallest absolute Gasteiger partial charge is 0.314 e. The number of nitriles is 1. The lowest BCUT2D eigenvalue weighted by atomic mass is 9.91. The van der Waals surface area contributed by atoms with Gasteiger partial charge in [0.05, 0.1) is 18.6 Å². The Morgan fingerprint density at radius 2 is 1.88 bits per heavy atom. The first kappa shape index (κ1) is 17.3. The van der Waals surface area contributed by atoms with Gasteiger partial charge < -0.3 is 10.5 Å². The number of esters is 1. The third kappa shape index (κ3) is 4.47. The van der Waals surface area contributed by atoms with E-state index in [1.807, 2.05) is 48.5 Å². The van der Waals surface area contributed by atoms with Gasteiger partial charge in [0, 0.05) is 11.3 Å². The van der Waals surface area contributed by atoms with Crippen molar-refractivity contribution in [3.63, 3.8) is 0 Å². The highest BCUT2D eigenvalue weighted by molar-refractivity contribution is 5.81. The molecule has 24 heavy (non-hydrogen) atoms. The van der Waals surface area contributed by atoms with E-state index in [9.17, 15) is 10.1 Å². The molecule has 122 valence electrons. The number of hydrogen-bond donors (Lipinski definition) is 1. The highest BCUT2D eigenvalue weighted by Gasteiger charge is 2.25. The lowest BCUT2D eigenvalue weighted by Crippen LogP contribution is -2.22. The lowest BCUT2D eigenvalue weighted by molar-refractivity contribution is -0.146. The van der Waals surface area contributed by atoms with Crippen LogP contribution >= 0.6 is 0 Å². The first-order chi connectivity index (χ1) is 11.7. The van der Waals surface area contributed by atoms with Crippen LogP contribution in [0.1, 0.15) is 18.1 Å².